The lowest BCUT2D eigenvalue weighted by Crippen LogP contribution is -2.46. The van der Waals surface area contributed by atoms with E-state index < -0.39 is 30.1 Å². The molecule has 0 bridgehead atoms. The number of ether oxygens (including phenoxy) is 4. The van der Waals surface area contributed by atoms with E-state index in [9.17, 15) is 20.4 Å². The van der Waals surface area contributed by atoms with Gasteiger partial charge in [0.15, 0.2) is 24.7 Å². The summed E-state index contributed by atoms with van der Waals surface area (Å²) < 4.78 is 21.0. The van der Waals surface area contributed by atoms with Crippen molar-refractivity contribution in [3.63, 3.8) is 0 Å². The smallest absolute Gasteiger partial charge is 0.159 e. The molecule has 0 aromatic heterocycles. The Morgan fingerprint density at radius 2 is 1.05 bits per heavy atom. The fraction of sp³-hybridized carbons (Fsp3) is 1.00. The SMILES string of the molecule is CC(O)OCC(COC(C)O)(COC(C)O)COC(C)(C)O. The molecule has 0 heterocycles. The van der Waals surface area contributed by atoms with Gasteiger partial charge >= 0.3 is 0 Å². The van der Waals surface area contributed by atoms with Gasteiger partial charge in [-0.1, -0.05) is 0 Å². The summed E-state index contributed by atoms with van der Waals surface area (Å²) in [6.45, 7) is 7.23. The summed E-state index contributed by atoms with van der Waals surface area (Å²) in [6.07, 6.45) is -3.04. The fourth-order valence-corrected chi connectivity index (χ4v) is 1.47. The first-order valence-electron chi connectivity index (χ1n) is 7.21. The van der Waals surface area contributed by atoms with Crippen molar-refractivity contribution in [2.45, 2.75) is 59.3 Å². The maximum atomic E-state index is 9.72. The molecule has 0 spiro atoms. The van der Waals surface area contributed by atoms with Gasteiger partial charge in [-0.3, -0.25) is 0 Å². The Bertz CT molecular complexity index is 254. The third kappa shape index (κ3) is 11.3. The van der Waals surface area contributed by atoms with E-state index in [1.807, 2.05) is 0 Å². The molecule has 0 amide bonds. The third-order valence-electron chi connectivity index (χ3n) is 2.62. The summed E-state index contributed by atoms with van der Waals surface area (Å²) in [4.78, 5) is 0. The summed E-state index contributed by atoms with van der Waals surface area (Å²) in [6, 6.07) is 0. The van der Waals surface area contributed by atoms with Gasteiger partial charge in [-0.15, -0.1) is 0 Å². The van der Waals surface area contributed by atoms with Crippen molar-refractivity contribution in [1.82, 2.24) is 0 Å². The molecule has 4 N–H and O–H groups in total. The molecule has 0 aliphatic rings. The van der Waals surface area contributed by atoms with Crippen molar-refractivity contribution < 1.29 is 39.4 Å². The summed E-state index contributed by atoms with van der Waals surface area (Å²) in [5.74, 6) is -1.38. The number of rotatable bonds is 12. The molecule has 22 heavy (non-hydrogen) atoms. The molecule has 8 nitrogen and oxygen atoms in total. The lowest BCUT2D eigenvalue weighted by atomic mass is 9.92. The second kappa shape index (κ2) is 9.74. The predicted molar refractivity (Wildman–Crippen MR) is 77.6 cm³/mol. The molecule has 134 valence electrons. The molecule has 3 atom stereocenters. The molecule has 8 heteroatoms. The highest BCUT2D eigenvalue weighted by molar-refractivity contribution is 4.80. The van der Waals surface area contributed by atoms with Gasteiger partial charge in [-0.05, 0) is 34.6 Å². The summed E-state index contributed by atoms with van der Waals surface area (Å²) >= 11 is 0. The minimum absolute atomic E-state index is 0.0137. The van der Waals surface area contributed by atoms with Gasteiger partial charge < -0.3 is 39.4 Å². The summed E-state index contributed by atoms with van der Waals surface area (Å²) in [7, 11) is 0. The van der Waals surface area contributed by atoms with Crippen LogP contribution in [0.4, 0.5) is 0 Å². The molecule has 0 rings (SSSR count). The largest absolute Gasteiger partial charge is 0.368 e. The average Bonchev–Trinajstić information content (AvgIpc) is 2.35. The van der Waals surface area contributed by atoms with E-state index in [0.717, 1.165) is 0 Å². The minimum Gasteiger partial charge on any atom is -0.368 e. The van der Waals surface area contributed by atoms with Crippen LogP contribution < -0.4 is 0 Å². The number of aliphatic hydroxyl groups excluding tert-OH is 3. The zero-order valence-corrected chi connectivity index (χ0v) is 14.0. The van der Waals surface area contributed by atoms with Gasteiger partial charge in [0.2, 0.25) is 0 Å². The second-order valence-electron chi connectivity index (χ2n) is 5.97. The van der Waals surface area contributed by atoms with Crippen LogP contribution in [0.15, 0.2) is 0 Å². The van der Waals surface area contributed by atoms with E-state index >= 15 is 0 Å². The maximum Gasteiger partial charge on any atom is 0.159 e. The summed E-state index contributed by atoms with van der Waals surface area (Å²) in [5, 5.41) is 37.6. The van der Waals surface area contributed by atoms with E-state index in [4.69, 9.17) is 18.9 Å². The van der Waals surface area contributed by atoms with E-state index in [1.165, 1.54) is 34.6 Å². The van der Waals surface area contributed by atoms with Gasteiger partial charge in [0, 0.05) is 0 Å². The van der Waals surface area contributed by atoms with Crippen LogP contribution >= 0.6 is 0 Å². The van der Waals surface area contributed by atoms with Gasteiger partial charge in [-0.25, -0.2) is 0 Å². The second-order valence-corrected chi connectivity index (χ2v) is 5.97. The Morgan fingerprint density at radius 3 is 1.27 bits per heavy atom. The lowest BCUT2D eigenvalue weighted by molar-refractivity contribution is -0.240. The maximum absolute atomic E-state index is 9.72. The van der Waals surface area contributed by atoms with Crippen molar-refractivity contribution in [1.29, 1.82) is 0 Å². The topological polar surface area (TPSA) is 118 Å². The number of aliphatic hydroxyl groups is 4. The van der Waals surface area contributed by atoms with Gasteiger partial charge in [0.05, 0.1) is 31.8 Å². The first kappa shape index (κ1) is 21.7. The summed E-state index contributed by atoms with van der Waals surface area (Å²) in [5.41, 5.74) is -0.926. The molecule has 0 aliphatic carbocycles. The number of hydrogen-bond donors (Lipinski definition) is 4. The van der Waals surface area contributed by atoms with E-state index in [-0.39, 0.29) is 26.4 Å². The first-order valence-corrected chi connectivity index (χ1v) is 7.21. The van der Waals surface area contributed by atoms with Crippen LogP contribution in [0.5, 0.6) is 0 Å². The zero-order valence-electron chi connectivity index (χ0n) is 14.0. The van der Waals surface area contributed by atoms with Crippen molar-refractivity contribution in [2.75, 3.05) is 26.4 Å². The molecular formula is C14H30O8. The highest BCUT2D eigenvalue weighted by atomic mass is 16.6. The van der Waals surface area contributed by atoms with Gasteiger partial charge in [0.1, 0.15) is 0 Å². The predicted octanol–water partition coefficient (Wildman–Crippen LogP) is -0.218. The average molecular weight is 326 g/mol. The van der Waals surface area contributed by atoms with Crippen LogP contribution in [0.2, 0.25) is 0 Å². The van der Waals surface area contributed by atoms with Crippen molar-refractivity contribution >= 4 is 0 Å². The highest BCUT2D eigenvalue weighted by Gasteiger charge is 2.36. The van der Waals surface area contributed by atoms with Crippen LogP contribution in [0.1, 0.15) is 34.6 Å². The molecule has 3 unspecified atom stereocenters. The molecular weight excluding hydrogens is 296 g/mol. The van der Waals surface area contributed by atoms with Gasteiger partial charge in [-0.2, -0.15) is 0 Å². The molecule has 0 aromatic rings. The Kier molecular flexibility index (Phi) is 9.60. The molecule has 0 saturated heterocycles. The van der Waals surface area contributed by atoms with Crippen LogP contribution in [0.3, 0.4) is 0 Å². The Morgan fingerprint density at radius 1 is 0.727 bits per heavy atom. The highest BCUT2D eigenvalue weighted by Crippen LogP contribution is 2.24. The molecule has 0 aromatic carbocycles. The van der Waals surface area contributed by atoms with Crippen LogP contribution in [0.25, 0.3) is 0 Å². The Labute approximate surface area is 131 Å². The normalized spacial score (nSPS) is 19.5. The number of hydrogen-bond acceptors (Lipinski definition) is 8. The Hall–Kier alpha value is -0.320. The quantitative estimate of drug-likeness (QED) is 0.364. The molecule has 0 saturated carbocycles. The van der Waals surface area contributed by atoms with E-state index in [2.05, 4.69) is 0 Å². The van der Waals surface area contributed by atoms with Crippen molar-refractivity contribution in [3.8, 4) is 0 Å². The van der Waals surface area contributed by atoms with Crippen molar-refractivity contribution in [3.05, 3.63) is 0 Å². The Balaban J connectivity index is 5.00. The monoisotopic (exact) mass is 326 g/mol. The van der Waals surface area contributed by atoms with Crippen LogP contribution in [-0.2, 0) is 18.9 Å². The van der Waals surface area contributed by atoms with Crippen LogP contribution in [-0.4, -0.2) is 71.5 Å². The van der Waals surface area contributed by atoms with Gasteiger partial charge in [0.25, 0.3) is 0 Å². The molecule has 0 aliphatic heterocycles. The fourth-order valence-electron chi connectivity index (χ4n) is 1.47. The van der Waals surface area contributed by atoms with E-state index in [0.29, 0.717) is 0 Å². The zero-order chi connectivity index (χ0) is 17.4. The minimum atomic E-state index is -1.38. The standard InChI is InChI=1S/C14H30O8/c1-10(15)19-6-14(7-20-11(2)16,8-21-12(3)17)9-22-13(4,5)18/h10-12,15-18H,6-9H2,1-5H3. The van der Waals surface area contributed by atoms with Crippen molar-refractivity contribution in [2.24, 2.45) is 5.41 Å². The molecule has 0 radical (unpaired) electrons. The van der Waals surface area contributed by atoms with Crippen LogP contribution in [0, 0.1) is 5.41 Å². The van der Waals surface area contributed by atoms with E-state index in [1.54, 1.807) is 0 Å². The third-order valence-corrected chi connectivity index (χ3v) is 2.62. The first-order chi connectivity index (χ1) is 9.96. The lowest BCUT2D eigenvalue weighted by Gasteiger charge is -2.36. The molecule has 0 fully saturated rings.